The quantitative estimate of drug-likeness (QED) is 0.849. The van der Waals surface area contributed by atoms with Crippen LogP contribution in [0.15, 0.2) is 21.7 Å². The number of hydrogen-bond acceptors (Lipinski definition) is 3. The molecule has 0 spiro atoms. The van der Waals surface area contributed by atoms with E-state index in [0.29, 0.717) is 6.42 Å². The lowest BCUT2D eigenvalue weighted by molar-refractivity contribution is -0.157. The van der Waals surface area contributed by atoms with Gasteiger partial charge < -0.3 is 4.90 Å². The van der Waals surface area contributed by atoms with Crippen molar-refractivity contribution in [3.8, 4) is 0 Å². The summed E-state index contributed by atoms with van der Waals surface area (Å²) in [6.07, 6.45) is -3.82. The topological polar surface area (TPSA) is 20.3 Å². The molecule has 2 nitrogen and oxygen atoms in total. The van der Waals surface area contributed by atoms with Gasteiger partial charge in [-0.2, -0.15) is 13.2 Å². The first-order chi connectivity index (χ1) is 7.96. The van der Waals surface area contributed by atoms with Gasteiger partial charge in [-0.05, 0) is 17.9 Å². The van der Waals surface area contributed by atoms with Crippen LogP contribution in [-0.2, 0) is 4.79 Å². The molecule has 2 rings (SSSR count). The summed E-state index contributed by atoms with van der Waals surface area (Å²) in [7, 11) is 0. The van der Waals surface area contributed by atoms with Crippen LogP contribution in [0.3, 0.4) is 0 Å². The molecule has 0 aromatic carbocycles. The fraction of sp³-hybridized carbons (Fsp3) is 0.500. The number of hydrogen-bond donors (Lipinski definition) is 0. The van der Waals surface area contributed by atoms with E-state index in [1.54, 1.807) is 0 Å². The summed E-state index contributed by atoms with van der Waals surface area (Å²) in [4.78, 5) is 12.6. The van der Waals surface area contributed by atoms with Crippen LogP contribution in [0, 0.1) is 0 Å². The molecule has 1 unspecified atom stereocenters. The van der Waals surface area contributed by atoms with Gasteiger partial charge in [0.15, 0.2) is 0 Å². The SMILES string of the molecule is O=C1C(Sc2cccs2)CCN1CC(F)(F)F. The summed E-state index contributed by atoms with van der Waals surface area (Å²) in [6, 6.07) is 3.73. The molecular weight excluding hydrogens is 271 g/mol. The predicted molar refractivity (Wildman–Crippen MR) is 61.2 cm³/mol. The number of thiophene rings is 1. The van der Waals surface area contributed by atoms with Crippen molar-refractivity contribution in [1.82, 2.24) is 4.90 Å². The molecule has 1 atom stereocenters. The van der Waals surface area contributed by atoms with Gasteiger partial charge in [0, 0.05) is 6.54 Å². The lowest BCUT2D eigenvalue weighted by Crippen LogP contribution is -2.36. The molecule has 94 valence electrons. The minimum Gasteiger partial charge on any atom is -0.333 e. The fourth-order valence-corrected chi connectivity index (χ4v) is 3.76. The van der Waals surface area contributed by atoms with E-state index in [-0.39, 0.29) is 11.8 Å². The molecule has 0 saturated carbocycles. The number of thioether (sulfide) groups is 1. The van der Waals surface area contributed by atoms with E-state index < -0.39 is 18.6 Å². The van der Waals surface area contributed by atoms with Crippen LogP contribution in [-0.4, -0.2) is 35.3 Å². The van der Waals surface area contributed by atoms with Crippen LogP contribution in [0.2, 0.25) is 0 Å². The molecule has 0 N–H and O–H groups in total. The smallest absolute Gasteiger partial charge is 0.333 e. The zero-order chi connectivity index (χ0) is 12.5. The van der Waals surface area contributed by atoms with E-state index >= 15 is 0 Å². The Hall–Kier alpha value is -0.690. The molecule has 17 heavy (non-hydrogen) atoms. The van der Waals surface area contributed by atoms with Crippen molar-refractivity contribution in [3.05, 3.63) is 17.5 Å². The molecule has 1 amide bonds. The highest BCUT2D eigenvalue weighted by atomic mass is 32.2. The second-order valence-electron chi connectivity index (χ2n) is 3.70. The Morgan fingerprint density at radius 1 is 1.53 bits per heavy atom. The average Bonchev–Trinajstić information content (AvgIpc) is 2.81. The molecule has 1 fully saturated rings. The molecule has 7 heteroatoms. The minimum absolute atomic E-state index is 0.196. The van der Waals surface area contributed by atoms with Gasteiger partial charge in [0.2, 0.25) is 5.91 Å². The van der Waals surface area contributed by atoms with Gasteiger partial charge in [0.25, 0.3) is 0 Å². The Morgan fingerprint density at radius 3 is 2.88 bits per heavy atom. The molecule has 0 radical (unpaired) electrons. The van der Waals surface area contributed by atoms with Crippen LogP contribution in [0.1, 0.15) is 6.42 Å². The molecule has 2 heterocycles. The summed E-state index contributed by atoms with van der Waals surface area (Å²) < 4.78 is 37.5. The van der Waals surface area contributed by atoms with Crippen molar-refractivity contribution >= 4 is 29.0 Å². The molecule has 1 saturated heterocycles. The largest absolute Gasteiger partial charge is 0.406 e. The number of carbonyl (C=O) groups excluding carboxylic acids is 1. The minimum atomic E-state index is -4.31. The first-order valence-corrected chi connectivity index (χ1v) is 6.77. The molecule has 1 aromatic rings. The van der Waals surface area contributed by atoms with E-state index in [4.69, 9.17) is 0 Å². The van der Waals surface area contributed by atoms with E-state index in [0.717, 1.165) is 9.11 Å². The normalized spacial score (nSPS) is 21.2. The monoisotopic (exact) mass is 281 g/mol. The number of nitrogens with zero attached hydrogens (tertiary/aromatic N) is 1. The third-order valence-electron chi connectivity index (χ3n) is 2.37. The molecule has 0 aliphatic carbocycles. The summed E-state index contributed by atoms with van der Waals surface area (Å²) in [5.74, 6) is -0.402. The van der Waals surface area contributed by atoms with E-state index in [1.165, 1.54) is 23.1 Å². The zero-order valence-corrected chi connectivity index (χ0v) is 10.4. The van der Waals surface area contributed by atoms with Crippen LogP contribution in [0.5, 0.6) is 0 Å². The highest BCUT2D eigenvalue weighted by molar-refractivity contribution is 8.02. The molecule has 1 aromatic heterocycles. The number of rotatable bonds is 3. The van der Waals surface area contributed by atoms with Crippen molar-refractivity contribution in [3.63, 3.8) is 0 Å². The number of alkyl halides is 3. The molecule has 1 aliphatic rings. The molecule has 1 aliphatic heterocycles. The van der Waals surface area contributed by atoms with Gasteiger partial charge in [0.1, 0.15) is 6.54 Å². The molecule has 0 bridgehead atoms. The maximum absolute atomic E-state index is 12.2. The van der Waals surface area contributed by atoms with Crippen LogP contribution < -0.4 is 0 Å². The van der Waals surface area contributed by atoms with Crippen molar-refractivity contribution in [2.45, 2.75) is 22.1 Å². The number of halogens is 3. The van der Waals surface area contributed by atoms with Crippen molar-refractivity contribution < 1.29 is 18.0 Å². The predicted octanol–water partition coefficient (Wildman–Crippen LogP) is 3.00. The van der Waals surface area contributed by atoms with Crippen molar-refractivity contribution in [2.75, 3.05) is 13.1 Å². The average molecular weight is 281 g/mol. The Bertz CT molecular complexity index is 391. The van der Waals surface area contributed by atoms with Gasteiger partial charge in [-0.25, -0.2) is 0 Å². The molecular formula is C10H10F3NOS2. The number of carbonyl (C=O) groups is 1. The highest BCUT2D eigenvalue weighted by Gasteiger charge is 2.39. The summed E-state index contributed by atoms with van der Waals surface area (Å²) in [5.41, 5.74) is 0. The fourth-order valence-electron chi connectivity index (χ4n) is 1.66. The second-order valence-corrected chi connectivity index (χ2v) is 6.15. The maximum atomic E-state index is 12.2. The van der Waals surface area contributed by atoms with Gasteiger partial charge in [-0.15, -0.1) is 23.1 Å². The Balaban J connectivity index is 1.93. The van der Waals surface area contributed by atoms with Gasteiger partial charge in [0.05, 0.1) is 9.46 Å². The second kappa shape index (κ2) is 4.89. The van der Waals surface area contributed by atoms with Crippen LogP contribution in [0.25, 0.3) is 0 Å². The first-order valence-electron chi connectivity index (χ1n) is 5.01. The Kier molecular flexibility index (Phi) is 3.67. The standard InChI is InChI=1S/C10H10F3NOS2/c11-10(12,13)6-14-4-3-7(9(14)15)17-8-2-1-5-16-8/h1-2,5,7H,3-4,6H2. The highest BCUT2D eigenvalue weighted by Crippen LogP contribution is 2.34. The van der Waals surface area contributed by atoms with E-state index in [9.17, 15) is 18.0 Å². The lowest BCUT2D eigenvalue weighted by atomic mass is 10.4. The Labute approximate surface area is 105 Å². The summed E-state index contributed by atoms with van der Waals surface area (Å²) >= 11 is 2.85. The third kappa shape index (κ3) is 3.38. The van der Waals surface area contributed by atoms with Gasteiger partial charge in [-0.3, -0.25) is 4.79 Å². The third-order valence-corrected chi connectivity index (χ3v) is 4.70. The zero-order valence-electron chi connectivity index (χ0n) is 8.74. The van der Waals surface area contributed by atoms with Crippen LogP contribution >= 0.6 is 23.1 Å². The van der Waals surface area contributed by atoms with Crippen molar-refractivity contribution in [2.24, 2.45) is 0 Å². The lowest BCUT2D eigenvalue weighted by Gasteiger charge is -2.18. The van der Waals surface area contributed by atoms with Gasteiger partial charge >= 0.3 is 6.18 Å². The van der Waals surface area contributed by atoms with E-state index in [2.05, 4.69) is 0 Å². The van der Waals surface area contributed by atoms with Crippen molar-refractivity contribution in [1.29, 1.82) is 0 Å². The Morgan fingerprint density at radius 2 is 2.29 bits per heavy atom. The van der Waals surface area contributed by atoms with Gasteiger partial charge in [-0.1, -0.05) is 6.07 Å². The van der Waals surface area contributed by atoms with E-state index in [1.807, 2.05) is 17.5 Å². The number of amides is 1. The summed E-state index contributed by atoms with van der Waals surface area (Å²) in [6.45, 7) is -0.936. The van der Waals surface area contributed by atoms with Crippen LogP contribution in [0.4, 0.5) is 13.2 Å². The first kappa shape index (κ1) is 12.8. The maximum Gasteiger partial charge on any atom is 0.406 e. The summed E-state index contributed by atoms with van der Waals surface area (Å²) in [5, 5.41) is 1.52. The number of likely N-dealkylation sites (tertiary alicyclic amines) is 1.